The number of nitrogens with two attached hydrogens (primary N) is 1. The summed E-state index contributed by atoms with van der Waals surface area (Å²) in [6.45, 7) is 9.50. The first-order valence-electron chi connectivity index (χ1n) is 5.03. The molecule has 0 bridgehead atoms. The van der Waals surface area contributed by atoms with Crippen LogP contribution < -0.4 is 5.73 Å². The SMILES string of the molecule is CC.CCCN(C=O)CC#N.CCN. The second-order valence-corrected chi connectivity index (χ2v) is 2.14. The summed E-state index contributed by atoms with van der Waals surface area (Å²) < 4.78 is 0. The summed E-state index contributed by atoms with van der Waals surface area (Å²) in [5.74, 6) is 0. The Morgan fingerprint density at radius 2 is 1.86 bits per heavy atom. The van der Waals surface area contributed by atoms with E-state index in [0.717, 1.165) is 13.0 Å². The second kappa shape index (κ2) is 22.7. The monoisotopic (exact) mass is 201 g/mol. The van der Waals surface area contributed by atoms with Gasteiger partial charge < -0.3 is 10.6 Å². The van der Waals surface area contributed by atoms with E-state index in [2.05, 4.69) is 0 Å². The molecule has 14 heavy (non-hydrogen) atoms. The number of nitrogens with zero attached hydrogens (tertiary/aromatic N) is 2. The maximum atomic E-state index is 10.1. The van der Waals surface area contributed by atoms with Gasteiger partial charge in [-0.1, -0.05) is 27.7 Å². The third-order valence-electron chi connectivity index (χ3n) is 0.934. The minimum atomic E-state index is 0.206. The minimum absolute atomic E-state index is 0.206. The van der Waals surface area contributed by atoms with Gasteiger partial charge in [0.15, 0.2) is 0 Å². The van der Waals surface area contributed by atoms with Crippen LogP contribution in [-0.4, -0.2) is 30.9 Å². The molecule has 0 aliphatic rings. The Morgan fingerprint density at radius 3 is 2.07 bits per heavy atom. The van der Waals surface area contributed by atoms with Crippen LogP contribution in [0.25, 0.3) is 0 Å². The van der Waals surface area contributed by atoms with Crippen LogP contribution in [0.4, 0.5) is 0 Å². The average molecular weight is 201 g/mol. The Balaban J connectivity index is -0.000000205. The van der Waals surface area contributed by atoms with Crippen LogP contribution in [-0.2, 0) is 4.79 Å². The maximum Gasteiger partial charge on any atom is 0.210 e. The fraction of sp³-hybridized carbons (Fsp3) is 0.800. The van der Waals surface area contributed by atoms with Crippen LogP contribution in [0.1, 0.15) is 34.1 Å². The molecule has 0 fully saturated rings. The molecule has 84 valence electrons. The number of carbonyl (C=O) groups excluding carboxylic acids is 1. The van der Waals surface area contributed by atoms with Gasteiger partial charge in [-0.25, -0.2) is 0 Å². The Bertz CT molecular complexity index is 132. The number of hydrogen-bond donors (Lipinski definition) is 1. The zero-order valence-electron chi connectivity index (χ0n) is 9.79. The van der Waals surface area contributed by atoms with E-state index in [4.69, 9.17) is 11.0 Å². The van der Waals surface area contributed by atoms with Crippen molar-refractivity contribution in [2.24, 2.45) is 5.73 Å². The number of nitriles is 1. The van der Waals surface area contributed by atoms with E-state index < -0.39 is 0 Å². The molecule has 0 spiro atoms. The van der Waals surface area contributed by atoms with Crippen molar-refractivity contribution >= 4 is 6.41 Å². The van der Waals surface area contributed by atoms with Gasteiger partial charge in [0.2, 0.25) is 6.41 Å². The van der Waals surface area contributed by atoms with Crippen molar-refractivity contribution in [3.8, 4) is 6.07 Å². The van der Waals surface area contributed by atoms with Crippen LogP contribution in [0, 0.1) is 11.3 Å². The summed E-state index contributed by atoms with van der Waals surface area (Å²) in [7, 11) is 0. The normalized spacial score (nSPS) is 6.86. The van der Waals surface area contributed by atoms with Crippen LogP contribution in [0.15, 0.2) is 0 Å². The molecule has 4 nitrogen and oxygen atoms in total. The maximum absolute atomic E-state index is 10.1. The molecule has 0 atom stereocenters. The van der Waals surface area contributed by atoms with Gasteiger partial charge in [0.05, 0.1) is 6.07 Å². The van der Waals surface area contributed by atoms with Gasteiger partial charge in [0.25, 0.3) is 0 Å². The first-order chi connectivity index (χ1) is 6.76. The fourth-order valence-electron chi connectivity index (χ4n) is 0.547. The van der Waals surface area contributed by atoms with Gasteiger partial charge in [-0.05, 0) is 13.0 Å². The van der Waals surface area contributed by atoms with Crippen molar-refractivity contribution in [3.63, 3.8) is 0 Å². The molecule has 0 heterocycles. The molecule has 4 heteroatoms. The molecule has 0 radical (unpaired) electrons. The van der Waals surface area contributed by atoms with Gasteiger partial charge >= 0.3 is 0 Å². The zero-order valence-corrected chi connectivity index (χ0v) is 9.79. The fourth-order valence-corrected chi connectivity index (χ4v) is 0.547. The molecule has 0 rings (SSSR count). The lowest BCUT2D eigenvalue weighted by Crippen LogP contribution is -2.22. The predicted molar refractivity (Wildman–Crippen MR) is 59.6 cm³/mol. The van der Waals surface area contributed by atoms with Crippen LogP contribution in [0.3, 0.4) is 0 Å². The van der Waals surface area contributed by atoms with Crippen molar-refractivity contribution in [2.75, 3.05) is 19.6 Å². The van der Waals surface area contributed by atoms with E-state index >= 15 is 0 Å². The van der Waals surface area contributed by atoms with E-state index in [-0.39, 0.29) is 6.54 Å². The smallest absolute Gasteiger partial charge is 0.210 e. The molecule has 0 aliphatic carbocycles. The molecule has 0 unspecified atom stereocenters. The molecular weight excluding hydrogens is 178 g/mol. The van der Waals surface area contributed by atoms with Crippen molar-refractivity contribution in [3.05, 3.63) is 0 Å². The van der Waals surface area contributed by atoms with E-state index in [1.165, 1.54) is 4.90 Å². The van der Waals surface area contributed by atoms with Crippen molar-refractivity contribution in [1.29, 1.82) is 5.26 Å². The van der Waals surface area contributed by atoms with Crippen molar-refractivity contribution in [1.82, 2.24) is 4.90 Å². The van der Waals surface area contributed by atoms with E-state index in [9.17, 15) is 4.79 Å². The third-order valence-corrected chi connectivity index (χ3v) is 0.934. The van der Waals surface area contributed by atoms with Crippen molar-refractivity contribution in [2.45, 2.75) is 34.1 Å². The summed E-state index contributed by atoms with van der Waals surface area (Å²) in [4.78, 5) is 11.5. The Labute approximate surface area is 87.7 Å². The van der Waals surface area contributed by atoms with Gasteiger partial charge in [-0.3, -0.25) is 4.79 Å². The lowest BCUT2D eigenvalue weighted by atomic mass is 10.4. The standard InChI is InChI=1S/C6H10N2O.C2H7N.C2H6/c1-2-4-8(6-9)5-3-7;1-2-3;1-2/h6H,2,4-5H2,1H3;2-3H2,1H3;1-2H3. The Morgan fingerprint density at radius 1 is 1.43 bits per heavy atom. The molecule has 0 saturated heterocycles. The summed E-state index contributed by atoms with van der Waals surface area (Å²) in [6, 6.07) is 1.90. The summed E-state index contributed by atoms with van der Waals surface area (Å²) >= 11 is 0. The zero-order chi connectivity index (χ0) is 11.8. The second-order valence-electron chi connectivity index (χ2n) is 2.14. The molecule has 0 aromatic rings. The number of amides is 1. The highest BCUT2D eigenvalue weighted by Gasteiger charge is 1.94. The van der Waals surface area contributed by atoms with Gasteiger partial charge in [0.1, 0.15) is 6.54 Å². The first-order valence-corrected chi connectivity index (χ1v) is 5.03. The molecule has 2 N–H and O–H groups in total. The number of rotatable bonds is 4. The van der Waals surface area contributed by atoms with Gasteiger partial charge in [-0.2, -0.15) is 5.26 Å². The molecule has 1 amide bonds. The third kappa shape index (κ3) is 22.4. The van der Waals surface area contributed by atoms with Crippen LogP contribution in [0.5, 0.6) is 0 Å². The summed E-state index contributed by atoms with van der Waals surface area (Å²) in [6.07, 6.45) is 1.60. The average Bonchev–Trinajstić information content (AvgIpc) is 2.22. The first kappa shape index (κ1) is 18.7. The van der Waals surface area contributed by atoms with Crippen molar-refractivity contribution < 1.29 is 4.79 Å². The largest absolute Gasteiger partial charge is 0.332 e. The predicted octanol–water partition coefficient (Wildman–Crippen LogP) is 1.37. The van der Waals surface area contributed by atoms with E-state index in [1.54, 1.807) is 0 Å². The molecule has 0 aromatic carbocycles. The molecule has 0 saturated carbocycles. The van der Waals surface area contributed by atoms with Crippen LogP contribution in [0.2, 0.25) is 0 Å². The van der Waals surface area contributed by atoms with E-state index in [1.807, 2.05) is 33.8 Å². The van der Waals surface area contributed by atoms with Crippen LogP contribution >= 0.6 is 0 Å². The Hall–Kier alpha value is -1.08. The van der Waals surface area contributed by atoms with Gasteiger partial charge in [0, 0.05) is 6.54 Å². The molecule has 0 aromatic heterocycles. The lowest BCUT2D eigenvalue weighted by molar-refractivity contribution is -0.117. The quantitative estimate of drug-likeness (QED) is 0.551. The highest BCUT2D eigenvalue weighted by molar-refractivity contribution is 5.47. The minimum Gasteiger partial charge on any atom is -0.332 e. The summed E-state index contributed by atoms with van der Waals surface area (Å²) in [5, 5.41) is 8.14. The number of hydrogen-bond acceptors (Lipinski definition) is 3. The molecule has 0 aliphatic heterocycles. The lowest BCUT2D eigenvalue weighted by Gasteiger charge is -2.09. The molecular formula is C10H23N3O. The Kier molecular flexibility index (Phi) is 30.2. The number of carbonyl (C=O) groups is 1. The highest BCUT2D eigenvalue weighted by Crippen LogP contribution is 1.83. The highest BCUT2D eigenvalue weighted by atomic mass is 16.1. The summed E-state index contributed by atoms with van der Waals surface area (Å²) in [5.41, 5.74) is 4.85. The van der Waals surface area contributed by atoms with E-state index in [0.29, 0.717) is 13.0 Å². The topological polar surface area (TPSA) is 70.1 Å². The van der Waals surface area contributed by atoms with Gasteiger partial charge in [-0.15, -0.1) is 0 Å².